The van der Waals surface area contributed by atoms with Gasteiger partial charge in [-0.3, -0.25) is 48.3 Å². The fourth-order valence-electron chi connectivity index (χ4n) is 8.10. The van der Waals surface area contributed by atoms with Gasteiger partial charge in [-0.2, -0.15) is 12.6 Å². The van der Waals surface area contributed by atoms with Gasteiger partial charge in [-0.1, -0.05) is 79.9 Å². The van der Waals surface area contributed by atoms with E-state index in [4.69, 9.17) is 34.4 Å². The van der Waals surface area contributed by atoms with E-state index in [0.717, 1.165) is 0 Å². The third-order valence-electron chi connectivity index (χ3n) is 13.2. The van der Waals surface area contributed by atoms with Crippen LogP contribution in [0.15, 0.2) is 34.3 Å². The van der Waals surface area contributed by atoms with E-state index < -0.39 is 114 Å². The molecule has 0 radical (unpaired) electrons. The molecule has 0 aliphatic rings. The molecular weight excluding hydrogens is 1070 g/mol. The first-order chi connectivity index (χ1) is 38.2. The van der Waals surface area contributed by atoms with Crippen molar-refractivity contribution in [3.05, 3.63) is 29.8 Å². The van der Waals surface area contributed by atoms with Crippen molar-refractivity contribution in [1.29, 1.82) is 0 Å². The minimum atomic E-state index is -1.40. The summed E-state index contributed by atoms with van der Waals surface area (Å²) in [5.41, 5.74) is 34.5. The van der Waals surface area contributed by atoms with Crippen molar-refractivity contribution in [3.63, 3.8) is 0 Å². The smallest absolute Gasteiger partial charge is 0.326 e. The Morgan fingerprint density at radius 2 is 0.951 bits per heavy atom. The van der Waals surface area contributed by atoms with Gasteiger partial charge in [0.05, 0.1) is 6.04 Å². The number of aliphatic imine (C=N–C) groups is 2. The van der Waals surface area contributed by atoms with Crippen LogP contribution in [0.1, 0.15) is 131 Å². The van der Waals surface area contributed by atoms with E-state index in [1.54, 1.807) is 27.7 Å². The summed E-state index contributed by atoms with van der Waals surface area (Å²) in [6.07, 6.45) is 2.94. The van der Waals surface area contributed by atoms with Crippen molar-refractivity contribution in [3.8, 4) is 5.75 Å². The predicted molar refractivity (Wildman–Crippen MR) is 313 cm³/mol. The maximum absolute atomic E-state index is 14.5. The molecule has 0 aliphatic carbocycles. The van der Waals surface area contributed by atoms with Crippen molar-refractivity contribution in [2.45, 2.75) is 186 Å². The van der Waals surface area contributed by atoms with Crippen LogP contribution in [-0.4, -0.2) is 155 Å². The van der Waals surface area contributed by atoms with Crippen LogP contribution in [0.4, 0.5) is 0 Å². The Morgan fingerprint density at radius 3 is 1.38 bits per heavy atom. The van der Waals surface area contributed by atoms with E-state index in [2.05, 4.69) is 65.1 Å². The van der Waals surface area contributed by atoms with Gasteiger partial charge in [0.2, 0.25) is 47.3 Å². The molecule has 0 unspecified atom stereocenters. The first kappa shape index (κ1) is 72.1. The molecule has 0 aromatic heterocycles. The average molecular weight is 1160 g/mol. The number of thiol groups is 1. The van der Waals surface area contributed by atoms with Gasteiger partial charge in [-0.05, 0) is 99.8 Å². The number of aliphatic carboxylic acids is 1. The Bertz CT molecular complexity index is 2230. The zero-order valence-corrected chi connectivity index (χ0v) is 49.0. The summed E-state index contributed by atoms with van der Waals surface area (Å²) in [6.45, 7) is 13.0. The van der Waals surface area contributed by atoms with E-state index in [0.29, 0.717) is 37.7 Å². The maximum atomic E-state index is 14.5. The Labute approximate surface area is 481 Å². The highest BCUT2D eigenvalue weighted by atomic mass is 32.1. The standard InChI is InChI=1S/C53H94N16O11S/c1-8-10-15-34(45(73)66-38(26-29(3)4)47(75)68-40(28-81)48(76)67-39(51(79)80)27-32-19-21-33(70)22-20-32)62-43(71)35(16-11-12-23-54)65-50(78)42(31(7)9-2)69-46(74)37(18-14-25-61-53(58)59)63-44(72)36(17-13-24-60-52(56)57)64-49(77)41(55)30(5)6/h19-22,29-31,34-42,70,81H,8-18,23-28,54-55H2,1-7H3,(H,62,71)(H,63,72)(H,64,77)(H,65,78)(H,66,73)(H,67,76)(H,68,75)(H,69,74)(H,79,80)(H4,56,57,60)(H4,58,59,61)/t31-,34-,35-,36-,37-,38-,39-,40-,41-,42-/m0/s1. The summed E-state index contributed by atoms with van der Waals surface area (Å²) in [7, 11) is 0. The lowest BCUT2D eigenvalue weighted by molar-refractivity contribution is -0.142. The Hall–Kier alpha value is -6.94. The van der Waals surface area contributed by atoms with E-state index in [1.165, 1.54) is 24.3 Å². The molecule has 1 aromatic carbocycles. The number of aromatic hydroxyl groups is 1. The summed E-state index contributed by atoms with van der Waals surface area (Å²) in [5.74, 6) is -8.87. The summed E-state index contributed by atoms with van der Waals surface area (Å²) in [4.78, 5) is 132. The van der Waals surface area contributed by atoms with Gasteiger partial charge in [0.15, 0.2) is 11.9 Å². The molecule has 0 fully saturated rings. The largest absolute Gasteiger partial charge is 0.508 e. The highest BCUT2D eigenvalue weighted by Crippen LogP contribution is 2.15. The number of nitrogens with two attached hydrogens (primary N) is 6. The lowest BCUT2D eigenvalue weighted by atomic mass is 9.96. The molecule has 8 amide bonds. The number of benzene rings is 1. The van der Waals surface area contributed by atoms with Gasteiger partial charge in [0.1, 0.15) is 54.1 Å². The predicted octanol–water partition coefficient (Wildman–Crippen LogP) is -1.67. The van der Waals surface area contributed by atoms with Crippen LogP contribution in [0.5, 0.6) is 5.75 Å². The monoisotopic (exact) mass is 1160 g/mol. The highest BCUT2D eigenvalue weighted by molar-refractivity contribution is 7.80. The molecule has 0 heterocycles. The van der Waals surface area contributed by atoms with Gasteiger partial charge in [0, 0.05) is 25.3 Å². The number of carboxylic acids is 1. The minimum absolute atomic E-state index is 0.0181. The number of hydrogen-bond donors (Lipinski definition) is 17. The summed E-state index contributed by atoms with van der Waals surface area (Å²) in [6, 6.07) is -5.36. The Kier molecular flexibility index (Phi) is 34.4. The Morgan fingerprint density at radius 1 is 0.543 bits per heavy atom. The quantitative estimate of drug-likeness (QED) is 0.0151. The number of rotatable bonds is 40. The Balaban J connectivity index is 3.52. The number of nitrogens with zero attached hydrogens (tertiary/aromatic N) is 2. The maximum Gasteiger partial charge on any atom is 0.326 e. The molecule has 10 atom stereocenters. The lowest BCUT2D eigenvalue weighted by Crippen LogP contribution is -2.61. The third-order valence-corrected chi connectivity index (χ3v) is 13.5. The summed E-state index contributed by atoms with van der Waals surface area (Å²) in [5, 5.41) is 41.0. The van der Waals surface area contributed by atoms with Crippen LogP contribution in [0.2, 0.25) is 0 Å². The van der Waals surface area contributed by atoms with Crippen molar-refractivity contribution in [1.82, 2.24) is 42.5 Å². The number of unbranched alkanes of at least 4 members (excludes halogenated alkanes) is 2. The highest BCUT2D eigenvalue weighted by Gasteiger charge is 2.36. The van der Waals surface area contributed by atoms with Crippen molar-refractivity contribution < 1.29 is 53.4 Å². The number of phenolic OH excluding ortho intramolecular Hbond substituents is 1. The van der Waals surface area contributed by atoms with Crippen LogP contribution in [0, 0.1) is 17.8 Å². The molecule has 81 heavy (non-hydrogen) atoms. The summed E-state index contributed by atoms with van der Waals surface area (Å²) >= 11 is 4.24. The van der Waals surface area contributed by atoms with E-state index in [-0.39, 0.29) is 106 Å². The number of carboxylic acid groups (broad SMARTS) is 1. The van der Waals surface area contributed by atoms with Gasteiger partial charge in [-0.15, -0.1) is 0 Å². The molecule has 0 saturated carbocycles. The second-order valence-corrected chi connectivity index (χ2v) is 21.3. The third kappa shape index (κ3) is 28.4. The molecule has 0 saturated heterocycles. The molecule has 458 valence electrons. The van der Waals surface area contributed by atoms with Crippen LogP contribution in [-0.2, 0) is 49.6 Å². The number of carbonyl (C=O) groups excluding carboxylic acids is 8. The first-order valence-corrected chi connectivity index (χ1v) is 28.4. The lowest BCUT2D eigenvalue weighted by Gasteiger charge is -2.30. The molecular formula is C53H94N16O11S. The van der Waals surface area contributed by atoms with Crippen LogP contribution in [0.25, 0.3) is 0 Å². The van der Waals surface area contributed by atoms with Crippen molar-refractivity contribution >= 4 is 77.8 Å². The SMILES string of the molecule is CCCC[C@H](NC(=O)[C@H](CCCCN)NC(=O)[C@@H](NC(=O)[C@H](CCCN=C(N)N)NC(=O)[C@H](CCCN=C(N)N)NC(=O)[C@@H](N)C(C)C)[C@@H](C)CC)C(=O)N[C@@H](CC(C)C)C(=O)N[C@@H](CS)C(=O)N[C@@H](Cc1ccc(O)cc1)C(=O)O. The van der Waals surface area contributed by atoms with E-state index >= 15 is 0 Å². The minimum Gasteiger partial charge on any atom is -0.508 e. The number of guanidine groups is 2. The zero-order valence-electron chi connectivity index (χ0n) is 48.1. The molecule has 0 aliphatic heterocycles. The molecule has 1 rings (SSSR count). The molecule has 0 spiro atoms. The number of phenols is 1. The molecule has 22 N–H and O–H groups in total. The second-order valence-electron chi connectivity index (χ2n) is 20.9. The van der Waals surface area contributed by atoms with Crippen molar-refractivity contribution in [2.24, 2.45) is 62.1 Å². The molecule has 1 aromatic rings. The molecule has 27 nitrogen and oxygen atoms in total. The van der Waals surface area contributed by atoms with Crippen molar-refractivity contribution in [2.75, 3.05) is 25.4 Å². The van der Waals surface area contributed by atoms with Gasteiger partial charge < -0.3 is 87.1 Å². The fraction of sp³-hybridized carbons (Fsp3) is 0.679. The topological polar surface area (TPSA) is 471 Å². The fourth-order valence-corrected chi connectivity index (χ4v) is 8.35. The van der Waals surface area contributed by atoms with Crippen LogP contribution in [0.3, 0.4) is 0 Å². The van der Waals surface area contributed by atoms with Crippen LogP contribution < -0.4 is 76.9 Å². The van der Waals surface area contributed by atoms with Crippen LogP contribution >= 0.6 is 12.6 Å². The van der Waals surface area contributed by atoms with E-state index in [9.17, 15) is 53.4 Å². The second kappa shape index (κ2) is 38.7. The first-order valence-electron chi connectivity index (χ1n) is 27.8. The number of hydrogen-bond acceptors (Lipinski definition) is 15. The number of nitrogens with one attached hydrogen (secondary N) is 8. The average Bonchev–Trinajstić information content (AvgIpc) is 3.40. The normalized spacial score (nSPS) is 14.9. The molecule has 28 heteroatoms. The van der Waals surface area contributed by atoms with Gasteiger partial charge >= 0.3 is 5.97 Å². The van der Waals surface area contributed by atoms with E-state index in [1.807, 2.05) is 20.8 Å². The molecule has 0 bridgehead atoms. The summed E-state index contributed by atoms with van der Waals surface area (Å²) < 4.78 is 0. The number of amides is 8. The number of carbonyl (C=O) groups is 9. The van der Waals surface area contributed by atoms with Gasteiger partial charge in [0.25, 0.3) is 0 Å². The van der Waals surface area contributed by atoms with Gasteiger partial charge in [-0.25, -0.2) is 4.79 Å². The zero-order chi connectivity index (χ0) is 61.4.